The summed E-state index contributed by atoms with van der Waals surface area (Å²) < 4.78 is 0. The van der Waals surface area contributed by atoms with Gasteiger partial charge in [-0.3, -0.25) is 0 Å². The molecule has 1 heterocycles. The number of hydrogen-bond donors (Lipinski definition) is 0. The molecule has 0 bridgehead atoms. The molecule has 0 aliphatic carbocycles. The standard InChI is InChI=1S/C7H15N2/c1-8(2)9-6-4-3-5-7-9/h1,3-7H2,2H3. The van der Waals surface area contributed by atoms with Crippen LogP contribution in [0.15, 0.2) is 0 Å². The van der Waals surface area contributed by atoms with Gasteiger partial charge < -0.3 is 0 Å². The molecule has 0 aromatic rings. The van der Waals surface area contributed by atoms with Gasteiger partial charge in [0.1, 0.15) is 0 Å². The van der Waals surface area contributed by atoms with Crippen LogP contribution >= 0.6 is 0 Å². The van der Waals surface area contributed by atoms with E-state index < -0.39 is 0 Å². The fourth-order valence-corrected chi connectivity index (χ4v) is 1.22. The lowest BCUT2D eigenvalue weighted by atomic mass is 10.2. The number of hydrogen-bond acceptors (Lipinski definition) is 2. The van der Waals surface area contributed by atoms with Crippen molar-refractivity contribution in [2.75, 3.05) is 20.1 Å². The summed E-state index contributed by atoms with van der Waals surface area (Å²) in [6, 6.07) is 0. The molecule has 1 aliphatic rings. The molecule has 1 fully saturated rings. The van der Waals surface area contributed by atoms with E-state index in [0.717, 1.165) is 0 Å². The predicted molar refractivity (Wildman–Crippen MR) is 38.5 cm³/mol. The largest absolute Gasteiger partial charge is 0.244 e. The summed E-state index contributed by atoms with van der Waals surface area (Å²) in [4.78, 5) is 0. The summed E-state index contributed by atoms with van der Waals surface area (Å²) >= 11 is 0. The highest BCUT2D eigenvalue weighted by molar-refractivity contribution is 4.60. The molecule has 0 N–H and O–H groups in total. The van der Waals surface area contributed by atoms with E-state index in [-0.39, 0.29) is 0 Å². The Morgan fingerprint density at radius 1 is 1.22 bits per heavy atom. The highest BCUT2D eigenvalue weighted by atomic mass is 15.6. The second kappa shape index (κ2) is 3.18. The molecule has 2 heteroatoms. The third kappa shape index (κ3) is 1.95. The molecule has 2 nitrogen and oxygen atoms in total. The highest BCUT2D eigenvalue weighted by Gasteiger charge is 2.10. The van der Waals surface area contributed by atoms with Crippen molar-refractivity contribution in [1.82, 2.24) is 10.0 Å². The maximum absolute atomic E-state index is 3.82. The molecule has 0 spiro atoms. The first-order valence-electron chi connectivity index (χ1n) is 3.60. The van der Waals surface area contributed by atoms with Gasteiger partial charge >= 0.3 is 0 Å². The highest BCUT2D eigenvalue weighted by Crippen LogP contribution is 2.08. The zero-order valence-corrected chi connectivity index (χ0v) is 6.14. The minimum Gasteiger partial charge on any atom is -0.244 e. The van der Waals surface area contributed by atoms with Crippen LogP contribution < -0.4 is 0 Å². The molecule has 0 amide bonds. The number of rotatable bonds is 1. The Balaban J connectivity index is 2.23. The lowest BCUT2D eigenvalue weighted by Gasteiger charge is -2.31. The van der Waals surface area contributed by atoms with E-state index in [0.29, 0.717) is 0 Å². The molecular formula is C7H15N2. The van der Waals surface area contributed by atoms with Gasteiger partial charge in [0.15, 0.2) is 0 Å². The summed E-state index contributed by atoms with van der Waals surface area (Å²) in [5.74, 6) is 0. The van der Waals surface area contributed by atoms with Crippen molar-refractivity contribution in [2.45, 2.75) is 19.3 Å². The molecule has 1 saturated heterocycles. The van der Waals surface area contributed by atoms with E-state index >= 15 is 0 Å². The monoisotopic (exact) mass is 127 g/mol. The SMILES string of the molecule is [CH2]N(C)N1CCCCC1. The molecule has 53 valence electrons. The fourth-order valence-electron chi connectivity index (χ4n) is 1.22. The Labute approximate surface area is 57.4 Å². The molecule has 0 aromatic carbocycles. The van der Waals surface area contributed by atoms with Gasteiger partial charge in [0, 0.05) is 27.2 Å². The Morgan fingerprint density at radius 3 is 2.11 bits per heavy atom. The van der Waals surface area contributed by atoms with Crippen molar-refractivity contribution in [3.8, 4) is 0 Å². The average Bonchev–Trinajstić information content (AvgIpc) is 1.90. The molecule has 1 rings (SSSR count). The Hall–Kier alpha value is -0.0800. The summed E-state index contributed by atoms with van der Waals surface area (Å²) in [7, 11) is 5.83. The number of hydrazine groups is 1. The molecule has 9 heavy (non-hydrogen) atoms. The maximum atomic E-state index is 3.82. The van der Waals surface area contributed by atoms with Crippen LogP contribution in [-0.2, 0) is 0 Å². The molecule has 1 aliphatic heterocycles. The second-order valence-corrected chi connectivity index (χ2v) is 2.67. The Morgan fingerprint density at radius 2 is 1.78 bits per heavy atom. The van der Waals surface area contributed by atoms with Crippen LogP contribution in [0.2, 0.25) is 0 Å². The van der Waals surface area contributed by atoms with Gasteiger partial charge in [0.2, 0.25) is 0 Å². The van der Waals surface area contributed by atoms with Crippen LogP contribution in [-0.4, -0.2) is 30.2 Å². The number of nitrogens with zero attached hydrogens (tertiary/aromatic N) is 2. The summed E-state index contributed by atoms with van der Waals surface area (Å²) in [6.45, 7) is 2.39. The molecular weight excluding hydrogens is 112 g/mol. The van der Waals surface area contributed by atoms with Gasteiger partial charge in [-0.25, -0.2) is 10.0 Å². The van der Waals surface area contributed by atoms with Crippen LogP contribution in [0, 0.1) is 7.05 Å². The van der Waals surface area contributed by atoms with Gasteiger partial charge in [-0.05, 0) is 12.8 Å². The van der Waals surface area contributed by atoms with E-state index in [1.807, 2.05) is 12.1 Å². The Kier molecular flexibility index (Phi) is 2.49. The van der Waals surface area contributed by atoms with Crippen molar-refractivity contribution < 1.29 is 0 Å². The first-order valence-corrected chi connectivity index (χ1v) is 3.60. The van der Waals surface area contributed by atoms with E-state index in [4.69, 9.17) is 0 Å². The van der Waals surface area contributed by atoms with Gasteiger partial charge in [0.25, 0.3) is 0 Å². The van der Waals surface area contributed by atoms with Crippen LogP contribution in [0.5, 0.6) is 0 Å². The lowest BCUT2D eigenvalue weighted by Crippen LogP contribution is -2.39. The average molecular weight is 127 g/mol. The summed E-state index contributed by atoms with van der Waals surface area (Å²) in [6.07, 6.45) is 4.06. The topological polar surface area (TPSA) is 6.48 Å². The van der Waals surface area contributed by atoms with Gasteiger partial charge in [-0.15, -0.1) is 0 Å². The van der Waals surface area contributed by atoms with Crippen molar-refractivity contribution in [3.05, 3.63) is 7.05 Å². The van der Waals surface area contributed by atoms with Crippen LogP contribution in [0.3, 0.4) is 0 Å². The first-order chi connectivity index (χ1) is 4.30. The molecule has 0 unspecified atom stereocenters. The van der Waals surface area contributed by atoms with Gasteiger partial charge in [-0.2, -0.15) is 0 Å². The quantitative estimate of drug-likeness (QED) is 0.520. The number of piperidine rings is 1. The van der Waals surface area contributed by atoms with Crippen LogP contribution in [0.25, 0.3) is 0 Å². The maximum Gasteiger partial charge on any atom is 0.0272 e. The minimum atomic E-state index is 1.19. The molecule has 0 atom stereocenters. The third-order valence-electron chi connectivity index (χ3n) is 1.82. The van der Waals surface area contributed by atoms with Crippen molar-refractivity contribution >= 4 is 0 Å². The Bertz CT molecular complexity index is 75.0. The van der Waals surface area contributed by atoms with E-state index in [9.17, 15) is 0 Å². The van der Waals surface area contributed by atoms with E-state index in [1.54, 1.807) is 0 Å². The zero-order valence-electron chi connectivity index (χ0n) is 6.14. The van der Waals surface area contributed by atoms with E-state index in [1.165, 1.54) is 32.4 Å². The van der Waals surface area contributed by atoms with Gasteiger partial charge in [-0.1, -0.05) is 6.42 Å². The third-order valence-corrected chi connectivity index (χ3v) is 1.82. The smallest absolute Gasteiger partial charge is 0.0272 e. The first kappa shape index (κ1) is 7.03. The molecule has 0 aromatic heterocycles. The molecule has 1 radical (unpaired) electrons. The van der Waals surface area contributed by atoms with Gasteiger partial charge in [0.05, 0.1) is 0 Å². The fraction of sp³-hybridized carbons (Fsp3) is 0.857. The van der Waals surface area contributed by atoms with Crippen molar-refractivity contribution in [1.29, 1.82) is 0 Å². The van der Waals surface area contributed by atoms with Crippen molar-refractivity contribution in [2.24, 2.45) is 0 Å². The summed E-state index contributed by atoms with van der Waals surface area (Å²) in [5, 5.41) is 4.22. The second-order valence-electron chi connectivity index (χ2n) is 2.67. The van der Waals surface area contributed by atoms with Crippen LogP contribution in [0.4, 0.5) is 0 Å². The minimum absolute atomic E-state index is 1.19. The predicted octanol–water partition coefficient (Wildman–Crippen LogP) is 1.11. The zero-order chi connectivity index (χ0) is 6.69. The normalized spacial score (nSPS) is 23.0. The molecule has 0 saturated carbocycles. The van der Waals surface area contributed by atoms with E-state index in [2.05, 4.69) is 12.1 Å². The van der Waals surface area contributed by atoms with Crippen molar-refractivity contribution in [3.63, 3.8) is 0 Å². The lowest BCUT2D eigenvalue weighted by molar-refractivity contribution is 0.0242. The summed E-state index contributed by atoms with van der Waals surface area (Å²) in [5.41, 5.74) is 0. The van der Waals surface area contributed by atoms with Crippen LogP contribution in [0.1, 0.15) is 19.3 Å².